The largest absolute Gasteiger partial charge is 0.508 e. The first-order chi connectivity index (χ1) is 53.0. The van der Waals surface area contributed by atoms with E-state index in [-0.39, 0.29) is 61.0 Å². The van der Waals surface area contributed by atoms with E-state index in [1.807, 2.05) is 0 Å². The van der Waals surface area contributed by atoms with Crippen molar-refractivity contribution < 1.29 is 102 Å². The number of carboxylic acids is 1. The van der Waals surface area contributed by atoms with E-state index in [1.54, 1.807) is 27.7 Å². The van der Waals surface area contributed by atoms with Gasteiger partial charge < -0.3 is 123 Å². The van der Waals surface area contributed by atoms with Gasteiger partial charge in [-0.2, -0.15) is 50.5 Å². The molecule has 1 aromatic carbocycles. The number of carboxylic acid groups (broad SMARTS) is 1. The first-order valence-electron chi connectivity index (χ1n) is 36.8. The number of rotatable bonds is 54. The number of nitrogens with one attached hydrogen (secondary N) is 15. The molecule has 113 heavy (non-hydrogen) atoms. The molecule has 40 nitrogen and oxygen atoms in total. The van der Waals surface area contributed by atoms with Crippen LogP contribution in [0.4, 0.5) is 0 Å². The van der Waals surface area contributed by atoms with Crippen LogP contribution < -0.4 is 103 Å². The number of nitrogens with two attached hydrogens (primary N) is 4. The third-order valence-electron chi connectivity index (χ3n) is 17.5. The van der Waals surface area contributed by atoms with E-state index in [0.29, 0.717) is 44.3 Å². The second-order valence-corrected chi connectivity index (χ2v) is 29.0. The minimum atomic E-state index is -1.78. The summed E-state index contributed by atoms with van der Waals surface area (Å²) in [5.74, 6) is -18.8. The van der Waals surface area contributed by atoms with Crippen LogP contribution in [-0.4, -0.2) is 266 Å². The number of aliphatic hydroxyl groups excluding tert-OH is 2. The second-order valence-electron chi connectivity index (χ2n) is 27.5. The van der Waals surface area contributed by atoms with Crippen molar-refractivity contribution in [2.45, 2.75) is 236 Å². The summed E-state index contributed by atoms with van der Waals surface area (Å²) in [5, 5.41) is 76.3. The van der Waals surface area contributed by atoms with E-state index in [9.17, 15) is 102 Å². The third kappa shape index (κ3) is 37.8. The number of primary amides is 1. The minimum Gasteiger partial charge on any atom is -0.508 e. The number of carbonyl (C=O) groups excluding carboxylic acids is 16. The first kappa shape index (κ1) is 102. The molecule has 27 N–H and O–H groups in total. The van der Waals surface area contributed by atoms with Gasteiger partial charge in [0.05, 0.1) is 18.8 Å². The lowest BCUT2D eigenvalue weighted by Gasteiger charge is -2.29. The molecule has 0 saturated carbocycles. The molecule has 0 aliphatic rings. The maximum absolute atomic E-state index is 14.1. The number of aliphatic hydroxyl groups is 2. The highest BCUT2D eigenvalue weighted by Crippen LogP contribution is 2.15. The van der Waals surface area contributed by atoms with Crippen molar-refractivity contribution in [2.24, 2.45) is 34.8 Å². The number of benzene rings is 1. The van der Waals surface area contributed by atoms with E-state index in [1.165, 1.54) is 52.0 Å². The summed E-state index contributed by atoms with van der Waals surface area (Å²) in [5.41, 5.74) is 22.9. The molecule has 44 heteroatoms. The number of aromatic hydroxyl groups is 1. The topological polar surface area (TPSA) is 656 Å². The van der Waals surface area contributed by atoms with Crippen molar-refractivity contribution >= 4 is 151 Å². The van der Waals surface area contributed by atoms with Crippen molar-refractivity contribution in [1.29, 1.82) is 0 Å². The van der Waals surface area contributed by atoms with Gasteiger partial charge in [-0.3, -0.25) is 81.5 Å². The lowest BCUT2D eigenvalue weighted by Crippen LogP contribution is -2.61. The van der Waals surface area contributed by atoms with Crippen LogP contribution in [0, 0.1) is 11.8 Å². The SMILES string of the molecule is CC[C@H](C)[C@H](NC(=O)[C@H](CCC(=O)O)NC(=O)[C@H](CS)NC(=O)[C@@H](N)[C@@H](C)O)C(=O)N[C@@H](CS)C(=O)N[C@@H](C)C(=O)N[C@@H](Cc1ccc(O)cc1)C(=O)N[C@@H](C)C(=O)N[C@@H](C)C(=O)N[C@@H](CS)C(=O)N[C@H](C(=O)NCC(=O)N[C@@H](CS)C(=O)N[C@@H](CC(C)C)C(=O)N[C@@H](CCCCN)C(=O)N[C@@H](CCCCN)C(N)=O)[C@@H](C)O. The van der Waals surface area contributed by atoms with Crippen LogP contribution in [0.5, 0.6) is 5.75 Å². The Morgan fingerprint density at radius 3 is 1.22 bits per heavy atom. The highest BCUT2D eigenvalue weighted by atomic mass is 32.1. The molecule has 0 fully saturated rings. The molecule has 0 saturated heterocycles. The molecule has 0 unspecified atom stereocenters. The molecule has 1 rings (SSSR count). The quantitative estimate of drug-likeness (QED) is 0.0213. The molecule has 0 bridgehead atoms. The molecular formula is C69H117N19O21S4. The molecular weight excluding hydrogens is 1560 g/mol. The van der Waals surface area contributed by atoms with Gasteiger partial charge in [-0.05, 0) is 129 Å². The van der Waals surface area contributed by atoms with Crippen LogP contribution in [-0.2, 0) is 87.9 Å². The molecule has 16 amide bonds. The van der Waals surface area contributed by atoms with Crippen molar-refractivity contribution in [3.05, 3.63) is 29.8 Å². The monoisotopic (exact) mass is 1680 g/mol. The molecule has 0 aromatic heterocycles. The highest BCUT2D eigenvalue weighted by molar-refractivity contribution is 7.80. The van der Waals surface area contributed by atoms with Gasteiger partial charge in [0, 0.05) is 35.9 Å². The zero-order chi connectivity index (χ0) is 86.1. The highest BCUT2D eigenvalue weighted by Gasteiger charge is 2.38. The van der Waals surface area contributed by atoms with Crippen LogP contribution in [0.3, 0.4) is 0 Å². The van der Waals surface area contributed by atoms with Crippen LogP contribution >= 0.6 is 50.5 Å². The number of amides is 16. The summed E-state index contributed by atoms with van der Waals surface area (Å²) >= 11 is 16.6. The van der Waals surface area contributed by atoms with E-state index < -0.39 is 234 Å². The second kappa shape index (κ2) is 53.3. The van der Waals surface area contributed by atoms with Gasteiger partial charge in [-0.25, -0.2) is 0 Å². The summed E-state index contributed by atoms with van der Waals surface area (Å²) in [6.45, 7) is 12.6. The molecule has 0 heterocycles. The Balaban J connectivity index is 3.18. The maximum atomic E-state index is 14.1. The third-order valence-corrected chi connectivity index (χ3v) is 18.9. The van der Waals surface area contributed by atoms with Gasteiger partial charge >= 0.3 is 5.97 Å². The fourth-order valence-corrected chi connectivity index (χ4v) is 11.4. The zero-order valence-corrected chi connectivity index (χ0v) is 68.4. The lowest BCUT2D eigenvalue weighted by molar-refractivity contribution is -0.139. The number of thiol groups is 4. The molecule has 0 aliphatic heterocycles. The molecule has 1 aromatic rings. The number of unbranched alkanes of at least 4 members (excludes halogenated alkanes) is 2. The smallest absolute Gasteiger partial charge is 0.303 e. The van der Waals surface area contributed by atoms with E-state index in [0.717, 1.165) is 6.92 Å². The number of phenols is 1. The maximum Gasteiger partial charge on any atom is 0.303 e. The fourth-order valence-electron chi connectivity index (χ4n) is 10.4. The number of carbonyl (C=O) groups is 17. The average Bonchev–Trinajstić information content (AvgIpc) is 0.772. The average molecular weight is 1680 g/mol. The van der Waals surface area contributed by atoms with Gasteiger partial charge in [0.15, 0.2) is 0 Å². The first-order valence-corrected chi connectivity index (χ1v) is 39.3. The Morgan fingerprint density at radius 2 is 0.770 bits per heavy atom. The van der Waals surface area contributed by atoms with Crippen molar-refractivity contribution in [3.8, 4) is 5.75 Å². The predicted octanol–water partition coefficient (Wildman–Crippen LogP) is -7.59. The zero-order valence-electron chi connectivity index (χ0n) is 64.8. The molecule has 0 radical (unpaired) electrons. The van der Waals surface area contributed by atoms with Crippen molar-refractivity contribution in [2.75, 3.05) is 42.6 Å². The van der Waals surface area contributed by atoms with Gasteiger partial charge in [0.25, 0.3) is 0 Å². The fraction of sp³-hybridized carbons (Fsp3) is 0.667. The Hall–Kier alpha value is -8.79. The van der Waals surface area contributed by atoms with E-state index >= 15 is 0 Å². The van der Waals surface area contributed by atoms with Crippen LogP contribution in [0.2, 0.25) is 0 Å². The molecule has 18 atom stereocenters. The summed E-state index contributed by atoms with van der Waals surface area (Å²) in [7, 11) is 0. The summed E-state index contributed by atoms with van der Waals surface area (Å²) < 4.78 is 0. The lowest BCUT2D eigenvalue weighted by atomic mass is 9.97. The molecule has 0 spiro atoms. The molecule has 638 valence electrons. The number of phenolic OH excluding ortho intramolecular Hbond substituents is 1. The normalized spacial score (nSPS) is 16.0. The molecule has 0 aliphatic carbocycles. The Bertz CT molecular complexity index is 3370. The van der Waals surface area contributed by atoms with Crippen molar-refractivity contribution in [1.82, 2.24) is 79.8 Å². The van der Waals surface area contributed by atoms with Gasteiger partial charge in [0.2, 0.25) is 94.5 Å². The Kier molecular flexibility index (Phi) is 48.2. The minimum absolute atomic E-state index is 0.0644. The summed E-state index contributed by atoms with van der Waals surface area (Å²) in [6.07, 6.45) is -1.76. The number of aliphatic carboxylic acids is 1. The van der Waals surface area contributed by atoms with Crippen LogP contribution in [0.15, 0.2) is 24.3 Å². The standard InChI is InChI=1S/C69H117N19O21S4/c1-10-33(4)53(87-60(100)43(21-22-51(93)94)81-65(105)48(30-112)85-67(107)52(72)37(8)89)69(109)86-47(29-111)63(103)77-36(7)57(97)82-45(26-39-17-19-40(91)20-18-39)61(101)76-34(5)56(96)75-35(6)58(98)84-49(31-113)66(106)88-54(38(9)90)68(108)74-27-50(92)78-46(28-110)64(104)83-44(25-32(2)3)62(102)80-42(16-12-14-24-71)59(99)79-41(55(73)95)15-11-13-23-70/h17-20,32-38,41-49,52-54,89-91,110-113H,10-16,21-31,70-72H2,1-9H3,(H2,73,95)(H,74,108)(H,75,96)(H,76,101)(H,77,103)(H,78,92)(H,79,99)(H,80,102)(H,81,105)(H,82,97)(H,83,104)(H,84,98)(H,85,107)(H,86,109)(H,87,100)(H,88,106)(H,93,94)/t33-,34-,35-,36-,37+,38+,41-,42-,43-,44-,45-,46-,47-,48-,49-,52-,53-,54-/m0/s1. The van der Waals surface area contributed by atoms with Crippen LogP contribution in [0.1, 0.15) is 132 Å². The summed E-state index contributed by atoms with van der Waals surface area (Å²) in [6, 6.07) is -16.1. The van der Waals surface area contributed by atoms with Crippen LogP contribution in [0.25, 0.3) is 0 Å². The van der Waals surface area contributed by atoms with Gasteiger partial charge in [-0.15, -0.1) is 0 Å². The number of hydrogen-bond donors (Lipinski definition) is 27. The Labute approximate surface area is 678 Å². The van der Waals surface area contributed by atoms with E-state index in [4.69, 9.17) is 22.9 Å². The van der Waals surface area contributed by atoms with Gasteiger partial charge in [-0.1, -0.05) is 46.2 Å². The van der Waals surface area contributed by atoms with Crippen molar-refractivity contribution in [3.63, 3.8) is 0 Å². The Morgan fingerprint density at radius 1 is 0.407 bits per heavy atom. The van der Waals surface area contributed by atoms with Gasteiger partial charge in [0.1, 0.15) is 96.4 Å². The van der Waals surface area contributed by atoms with E-state index in [2.05, 4.69) is 130 Å². The predicted molar refractivity (Wildman–Crippen MR) is 426 cm³/mol. The summed E-state index contributed by atoms with van der Waals surface area (Å²) in [4.78, 5) is 228. The number of hydrogen-bond acceptors (Lipinski definition) is 27.